The molecule has 1 fully saturated rings. The Balaban J connectivity index is 2.57. The first-order chi connectivity index (χ1) is 9.30. The lowest BCUT2D eigenvalue weighted by Crippen LogP contribution is -2.57. The van der Waals surface area contributed by atoms with E-state index in [1.807, 2.05) is 6.92 Å². The highest BCUT2D eigenvalue weighted by atomic mass is 16.4. The number of carbonyl (C=O) groups excluding carboxylic acids is 1. The fourth-order valence-corrected chi connectivity index (χ4v) is 2.81. The van der Waals surface area contributed by atoms with E-state index in [0.717, 1.165) is 32.4 Å². The van der Waals surface area contributed by atoms with E-state index in [4.69, 9.17) is 0 Å². The number of urea groups is 1. The van der Waals surface area contributed by atoms with Crippen LogP contribution in [0.5, 0.6) is 0 Å². The van der Waals surface area contributed by atoms with Crippen molar-refractivity contribution in [3.05, 3.63) is 0 Å². The van der Waals surface area contributed by atoms with Gasteiger partial charge >= 0.3 is 12.0 Å². The smallest absolute Gasteiger partial charge is 0.329 e. The van der Waals surface area contributed by atoms with Crippen molar-refractivity contribution in [3.8, 4) is 0 Å². The molecule has 1 saturated heterocycles. The largest absolute Gasteiger partial charge is 0.480 e. The number of hydrogen-bond acceptors (Lipinski definition) is 2. The zero-order valence-corrected chi connectivity index (χ0v) is 13.1. The summed E-state index contributed by atoms with van der Waals surface area (Å²) in [5.74, 6) is 0.343. The number of piperidine rings is 1. The van der Waals surface area contributed by atoms with Gasteiger partial charge in [0.25, 0.3) is 0 Å². The third-order valence-corrected chi connectivity index (χ3v) is 4.37. The molecule has 1 heterocycles. The van der Waals surface area contributed by atoms with Gasteiger partial charge in [0.05, 0.1) is 0 Å². The summed E-state index contributed by atoms with van der Waals surface area (Å²) in [6.45, 7) is 9.36. The molecule has 2 amide bonds. The van der Waals surface area contributed by atoms with Gasteiger partial charge < -0.3 is 15.3 Å². The zero-order chi connectivity index (χ0) is 15.3. The lowest BCUT2D eigenvalue weighted by molar-refractivity contribution is -0.144. The lowest BCUT2D eigenvalue weighted by atomic mass is 9.87. The maximum absolute atomic E-state index is 12.2. The third kappa shape index (κ3) is 4.12. The SMILES string of the molecule is CCCC(C)(NC(=O)N1CCC(C(C)C)CC1)C(=O)O. The van der Waals surface area contributed by atoms with Crippen LogP contribution in [0, 0.1) is 11.8 Å². The van der Waals surface area contributed by atoms with E-state index in [1.165, 1.54) is 0 Å². The summed E-state index contributed by atoms with van der Waals surface area (Å²) in [4.78, 5) is 25.3. The molecule has 0 spiro atoms. The molecule has 0 saturated carbocycles. The number of nitrogens with one attached hydrogen (secondary N) is 1. The second-order valence-corrected chi connectivity index (χ2v) is 6.39. The first-order valence-corrected chi connectivity index (χ1v) is 7.60. The lowest BCUT2D eigenvalue weighted by Gasteiger charge is -2.36. The van der Waals surface area contributed by atoms with Gasteiger partial charge in [0.15, 0.2) is 0 Å². The van der Waals surface area contributed by atoms with Crippen molar-refractivity contribution in [1.29, 1.82) is 0 Å². The molecule has 5 nitrogen and oxygen atoms in total. The van der Waals surface area contributed by atoms with Gasteiger partial charge in [-0.3, -0.25) is 0 Å². The van der Waals surface area contributed by atoms with Crippen molar-refractivity contribution in [2.24, 2.45) is 11.8 Å². The average Bonchev–Trinajstić information content (AvgIpc) is 2.38. The van der Waals surface area contributed by atoms with Crippen molar-refractivity contribution in [2.45, 2.75) is 58.9 Å². The zero-order valence-electron chi connectivity index (χ0n) is 13.1. The highest BCUT2D eigenvalue weighted by molar-refractivity contribution is 5.85. The highest BCUT2D eigenvalue weighted by Crippen LogP contribution is 2.24. The monoisotopic (exact) mass is 284 g/mol. The van der Waals surface area contributed by atoms with Crippen molar-refractivity contribution in [3.63, 3.8) is 0 Å². The number of nitrogens with zero attached hydrogens (tertiary/aromatic N) is 1. The van der Waals surface area contributed by atoms with Crippen molar-refractivity contribution < 1.29 is 14.7 Å². The second kappa shape index (κ2) is 6.95. The van der Waals surface area contributed by atoms with Crippen LogP contribution in [0.3, 0.4) is 0 Å². The number of rotatable bonds is 5. The van der Waals surface area contributed by atoms with Gasteiger partial charge in [-0.2, -0.15) is 0 Å². The Morgan fingerprint density at radius 2 is 1.90 bits per heavy atom. The predicted molar refractivity (Wildman–Crippen MR) is 78.6 cm³/mol. The molecule has 1 unspecified atom stereocenters. The van der Waals surface area contributed by atoms with E-state index in [-0.39, 0.29) is 6.03 Å². The van der Waals surface area contributed by atoms with Crippen molar-refractivity contribution in [2.75, 3.05) is 13.1 Å². The van der Waals surface area contributed by atoms with E-state index in [1.54, 1.807) is 11.8 Å². The number of carbonyl (C=O) groups is 2. The molecule has 1 aliphatic heterocycles. The van der Waals surface area contributed by atoms with Crippen LogP contribution >= 0.6 is 0 Å². The van der Waals surface area contributed by atoms with E-state index >= 15 is 0 Å². The van der Waals surface area contributed by atoms with Gasteiger partial charge in [0.1, 0.15) is 5.54 Å². The molecule has 0 aromatic heterocycles. The molecule has 0 bridgehead atoms. The summed E-state index contributed by atoms with van der Waals surface area (Å²) < 4.78 is 0. The Bertz CT molecular complexity index is 349. The minimum atomic E-state index is -1.17. The minimum absolute atomic E-state index is 0.245. The molecule has 20 heavy (non-hydrogen) atoms. The second-order valence-electron chi connectivity index (χ2n) is 6.39. The molecule has 2 N–H and O–H groups in total. The standard InChI is InChI=1S/C15H28N2O3/c1-5-8-15(4,13(18)19)16-14(20)17-9-6-12(7-10-17)11(2)3/h11-12H,5-10H2,1-4H3,(H,16,20)(H,18,19). The topological polar surface area (TPSA) is 69.6 Å². The van der Waals surface area contributed by atoms with Crippen LogP contribution in [-0.2, 0) is 4.79 Å². The number of carboxylic acids is 1. The predicted octanol–water partition coefficient (Wildman–Crippen LogP) is 2.71. The van der Waals surface area contributed by atoms with Crippen LogP contribution in [0.25, 0.3) is 0 Å². The number of hydrogen-bond donors (Lipinski definition) is 2. The van der Waals surface area contributed by atoms with Gasteiger partial charge in [-0.15, -0.1) is 0 Å². The number of likely N-dealkylation sites (tertiary alicyclic amines) is 1. The van der Waals surface area contributed by atoms with Crippen molar-refractivity contribution in [1.82, 2.24) is 10.2 Å². The summed E-state index contributed by atoms with van der Waals surface area (Å²) in [6, 6.07) is -0.245. The maximum atomic E-state index is 12.2. The number of carboxylic acid groups (broad SMARTS) is 1. The fraction of sp³-hybridized carbons (Fsp3) is 0.867. The normalized spacial score (nSPS) is 19.8. The minimum Gasteiger partial charge on any atom is -0.480 e. The Hall–Kier alpha value is -1.26. The van der Waals surface area contributed by atoms with Gasteiger partial charge in [-0.25, -0.2) is 9.59 Å². The van der Waals surface area contributed by atoms with E-state index in [9.17, 15) is 14.7 Å². The van der Waals surface area contributed by atoms with Crippen LogP contribution in [0.1, 0.15) is 53.4 Å². The van der Waals surface area contributed by atoms with Gasteiger partial charge in [0.2, 0.25) is 0 Å². The molecule has 0 aromatic carbocycles. The first-order valence-electron chi connectivity index (χ1n) is 7.60. The summed E-state index contributed by atoms with van der Waals surface area (Å²) >= 11 is 0. The summed E-state index contributed by atoms with van der Waals surface area (Å²) in [7, 11) is 0. The molecule has 1 rings (SSSR count). The maximum Gasteiger partial charge on any atom is 0.329 e. The highest BCUT2D eigenvalue weighted by Gasteiger charge is 2.36. The molecular weight excluding hydrogens is 256 g/mol. The first kappa shape index (κ1) is 16.8. The Labute approximate surface area is 121 Å². The van der Waals surface area contributed by atoms with Crippen LogP contribution in [0.2, 0.25) is 0 Å². The Morgan fingerprint density at radius 1 is 1.35 bits per heavy atom. The molecular formula is C15H28N2O3. The molecule has 116 valence electrons. The third-order valence-electron chi connectivity index (χ3n) is 4.37. The summed E-state index contributed by atoms with van der Waals surface area (Å²) in [5, 5.41) is 12.0. The molecule has 0 aromatic rings. The molecule has 0 aliphatic carbocycles. The van der Waals surface area contributed by atoms with Crippen molar-refractivity contribution >= 4 is 12.0 Å². The summed E-state index contributed by atoms with van der Waals surface area (Å²) in [6.07, 6.45) is 3.17. The number of aliphatic carboxylic acids is 1. The molecule has 0 radical (unpaired) electrons. The van der Waals surface area contributed by atoms with E-state index < -0.39 is 11.5 Å². The van der Waals surface area contributed by atoms with E-state index in [2.05, 4.69) is 19.2 Å². The van der Waals surface area contributed by atoms with Gasteiger partial charge in [0, 0.05) is 13.1 Å². The van der Waals surface area contributed by atoms with Crippen LogP contribution in [0.15, 0.2) is 0 Å². The molecule has 1 atom stereocenters. The number of amides is 2. The molecule has 1 aliphatic rings. The quantitative estimate of drug-likeness (QED) is 0.815. The van der Waals surface area contributed by atoms with Crippen LogP contribution in [0.4, 0.5) is 4.79 Å². The van der Waals surface area contributed by atoms with Crippen LogP contribution in [-0.4, -0.2) is 40.6 Å². The molecule has 5 heteroatoms. The van der Waals surface area contributed by atoms with Gasteiger partial charge in [-0.1, -0.05) is 27.2 Å². The average molecular weight is 284 g/mol. The fourth-order valence-electron chi connectivity index (χ4n) is 2.81. The van der Waals surface area contributed by atoms with Gasteiger partial charge in [-0.05, 0) is 38.0 Å². The van der Waals surface area contributed by atoms with E-state index in [0.29, 0.717) is 18.3 Å². The summed E-state index contributed by atoms with van der Waals surface area (Å²) in [5.41, 5.74) is -1.17. The Morgan fingerprint density at radius 3 is 2.30 bits per heavy atom. The Kier molecular flexibility index (Phi) is 5.84. The van der Waals surface area contributed by atoms with Crippen LogP contribution < -0.4 is 5.32 Å².